The number of aromatic nitrogens is 6. The Kier molecular flexibility index (Phi) is 5.44. The van der Waals surface area contributed by atoms with Crippen LogP contribution in [0.2, 0.25) is 10.6 Å². The Bertz CT molecular complexity index is 856. The van der Waals surface area contributed by atoms with Crippen LogP contribution in [0.1, 0.15) is 0 Å². The van der Waals surface area contributed by atoms with Gasteiger partial charge in [0, 0.05) is 11.4 Å². The normalized spacial score (nSPS) is 10.3. The Morgan fingerprint density at radius 2 is 1.19 bits per heavy atom. The summed E-state index contributed by atoms with van der Waals surface area (Å²) in [6.45, 7) is 0. The van der Waals surface area contributed by atoms with E-state index in [0.717, 1.165) is 0 Å². The van der Waals surface area contributed by atoms with E-state index in [4.69, 9.17) is 32.7 Å². The molecule has 26 heavy (non-hydrogen) atoms. The molecule has 12 heteroatoms. The molecule has 0 saturated carbocycles. The Labute approximate surface area is 158 Å². The maximum absolute atomic E-state index is 5.84. The molecule has 0 amide bonds. The van der Waals surface area contributed by atoms with Crippen molar-refractivity contribution in [2.24, 2.45) is 0 Å². The third-order valence-electron chi connectivity index (χ3n) is 2.92. The summed E-state index contributed by atoms with van der Waals surface area (Å²) in [5.41, 5.74) is 1.37. The number of nitrogens with zero attached hydrogens (tertiary/aromatic N) is 6. The largest absolute Gasteiger partial charge is 0.467 e. The number of nitrogens with one attached hydrogen (secondary N) is 2. The van der Waals surface area contributed by atoms with Crippen molar-refractivity contribution in [1.29, 1.82) is 0 Å². The monoisotopic (exact) mass is 394 g/mol. The summed E-state index contributed by atoms with van der Waals surface area (Å²) >= 11 is 11.7. The highest BCUT2D eigenvalue weighted by atomic mass is 35.5. The topological polar surface area (TPSA) is 120 Å². The molecule has 1 aromatic carbocycles. The summed E-state index contributed by atoms with van der Waals surface area (Å²) < 4.78 is 9.93. The minimum atomic E-state index is 0.0144. The number of ether oxygens (including phenoxy) is 2. The molecule has 0 saturated heterocycles. The first-order valence-electron chi connectivity index (χ1n) is 7.11. The molecule has 0 aliphatic rings. The first kappa shape index (κ1) is 17.8. The summed E-state index contributed by atoms with van der Waals surface area (Å²) in [4.78, 5) is 23.7. The zero-order valence-corrected chi connectivity index (χ0v) is 15.1. The summed E-state index contributed by atoms with van der Waals surface area (Å²) in [5.74, 6) is 0.479. The van der Waals surface area contributed by atoms with E-state index in [0.29, 0.717) is 11.4 Å². The van der Waals surface area contributed by atoms with Crippen LogP contribution in [0.3, 0.4) is 0 Å². The van der Waals surface area contributed by atoms with Crippen LogP contribution in [0.25, 0.3) is 0 Å². The van der Waals surface area contributed by atoms with Crippen molar-refractivity contribution in [2.75, 3.05) is 24.9 Å². The number of methoxy groups -OCH3 is 2. The van der Waals surface area contributed by atoms with Crippen molar-refractivity contribution >= 4 is 46.5 Å². The van der Waals surface area contributed by atoms with E-state index < -0.39 is 0 Å². The summed E-state index contributed by atoms with van der Waals surface area (Å²) in [6, 6.07) is 7.44. The molecule has 2 heterocycles. The van der Waals surface area contributed by atoms with Gasteiger partial charge in [-0.05, 0) is 41.4 Å². The van der Waals surface area contributed by atoms with Gasteiger partial charge < -0.3 is 20.1 Å². The second-order valence-electron chi connectivity index (χ2n) is 4.66. The molecule has 0 spiro atoms. The number of hydrogen-bond donors (Lipinski definition) is 2. The number of benzene rings is 1. The highest BCUT2D eigenvalue weighted by molar-refractivity contribution is 6.28. The van der Waals surface area contributed by atoms with Gasteiger partial charge in [0.25, 0.3) is 0 Å². The second-order valence-corrected chi connectivity index (χ2v) is 5.34. The maximum Gasteiger partial charge on any atom is 0.322 e. The molecule has 3 rings (SSSR count). The molecular formula is C14H12Cl2N8O2. The molecule has 134 valence electrons. The molecule has 2 N–H and O–H groups in total. The lowest BCUT2D eigenvalue weighted by atomic mass is 10.3. The number of hydrogen-bond acceptors (Lipinski definition) is 10. The van der Waals surface area contributed by atoms with Crippen LogP contribution in [-0.4, -0.2) is 44.1 Å². The molecule has 0 radical (unpaired) electrons. The van der Waals surface area contributed by atoms with Crippen LogP contribution in [0.15, 0.2) is 24.3 Å². The average molecular weight is 395 g/mol. The quantitative estimate of drug-likeness (QED) is 0.645. The molecule has 0 unspecified atom stereocenters. The highest BCUT2D eigenvalue weighted by Crippen LogP contribution is 2.22. The van der Waals surface area contributed by atoms with Crippen molar-refractivity contribution in [1.82, 2.24) is 29.9 Å². The van der Waals surface area contributed by atoms with Crippen molar-refractivity contribution < 1.29 is 9.47 Å². The van der Waals surface area contributed by atoms with Crippen molar-refractivity contribution in [2.45, 2.75) is 0 Å². The van der Waals surface area contributed by atoms with E-state index >= 15 is 0 Å². The second kappa shape index (κ2) is 7.93. The Morgan fingerprint density at radius 3 is 1.62 bits per heavy atom. The fraction of sp³-hybridized carbons (Fsp3) is 0.143. The average Bonchev–Trinajstić information content (AvgIpc) is 2.61. The van der Waals surface area contributed by atoms with E-state index in [9.17, 15) is 0 Å². The van der Waals surface area contributed by atoms with Crippen LogP contribution < -0.4 is 20.1 Å². The van der Waals surface area contributed by atoms with Crippen LogP contribution >= 0.6 is 23.2 Å². The van der Waals surface area contributed by atoms with E-state index in [2.05, 4.69) is 40.5 Å². The fourth-order valence-corrected chi connectivity index (χ4v) is 2.20. The van der Waals surface area contributed by atoms with Crippen LogP contribution in [0, 0.1) is 0 Å². The van der Waals surface area contributed by atoms with E-state index in [-0.39, 0.29) is 34.5 Å². The van der Waals surface area contributed by atoms with Gasteiger partial charge in [-0.3, -0.25) is 0 Å². The van der Waals surface area contributed by atoms with Gasteiger partial charge in [0.2, 0.25) is 22.5 Å². The number of halogens is 2. The Morgan fingerprint density at radius 1 is 0.731 bits per heavy atom. The minimum absolute atomic E-state index is 0.0144. The molecule has 2 aromatic heterocycles. The van der Waals surface area contributed by atoms with Crippen molar-refractivity contribution in [3.8, 4) is 12.0 Å². The van der Waals surface area contributed by atoms with Crippen LogP contribution in [-0.2, 0) is 0 Å². The van der Waals surface area contributed by atoms with Gasteiger partial charge >= 0.3 is 12.0 Å². The predicted octanol–water partition coefficient (Wildman–Crippen LogP) is 2.87. The van der Waals surface area contributed by atoms with Gasteiger partial charge in [-0.25, -0.2) is 0 Å². The SMILES string of the molecule is COc1nc(Cl)nc(Nc2cccc(Nc3nc(Cl)nc(OC)n3)c2)n1. The van der Waals surface area contributed by atoms with Crippen molar-refractivity contribution in [3.05, 3.63) is 34.8 Å². The van der Waals surface area contributed by atoms with Gasteiger partial charge in [-0.2, -0.15) is 29.9 Å². The lowest BCUT2D eigenvalue weighted by Gasteiger charge is -2.09. The lowest BCUT2D eigenvalue weighted by Crippen LogP contribution is -2.03. The van der Waals surface area contributed by atoms with Gasteiger partial charge in [0.05, 0.1) is 14.2 Å². The molecule has 0 atom stereocenters. The van der Waals surface area contributed by atoms with Gasteiger partial charge in [0.1, 0.15) is 0 Å². The first-order chi connectivity index (χ1) is 12.6. The minimum Gasteiger partial charge on any atom is -0.467 e. The van der Waals surface area contributed by atoms with Gasteiger partial charge in [-0.15, -0.1) is 0 Å². The zero-order valence-electron chi connectivity index (χ0n) is 13.6. The van der Waals surface area contributed by atoms with Crippen LogP contribution in [0.4, 0.5) is 23.3 Å². The molecule has 0 aliphatic carbocycles. The fourth-order valence-electron chi connectivity index (χ4n) is 1.89. The van der Waals surface area contributed by atoms with E-state index in [1.54, 1.807) is 6.07 Å². The molecule has 3 aromatic rings. The Hall–Kier alpha value is -2.98. The molecule has 0 bridgehead atoms. The third-order valence-corrected chi connectivity index (χ3v) is 3.25. The number of rotatable bonds is 6. The lowest BCUT2D eigenvalue weighted by molar-refractivity contribution is 0.379. The maximum atomic E-state index is 5.84. The standard InChI is InChI=1S/C14H12Cl2N8O2/c1-25-13-21-9(15)19-11(23-13)17-7-4-3-5-8(6-7)18-12-20-10(16)22-14(24-12)26-2/h3-6H,1-2H3,(H,17,19,21,23)(H,18,20,22,24). The smallest absolute Gasteiger partial charge is 0.322 e. The molecule has 0 fully saturated rings. The summed E-state index contributed by atoms with van der Waals surface area (Å²) in [6.07, 6.45) is 0. The molecular weight excluding hydrogens is 383 g/mol. The first-order valence-corrected chi connectivity index (χ1v) is 7.86. The van der Waals surface area contributed by atoms with Gasteiger partial charge in [0.15, 0.2) is 0 Å². The van der Waals surface area contributed by atoms with E-state index in [1.165, 1.54) is 14.2 Å². The predicted molar refractivity (Wildman–Crippen MR) is 95.8 cm³/mol. The third kappa shape index (κ3) is 4.55. The molecule has 10 nitrogen and oxygen atoms in total. The molecule has 0 aliphatic heterocycles. The van der Waals surface area contributed by atoms with E-state index in [1.807, 2.05) is 18.2 Å². The van der Waals surface area contributed by atoms with Crippen LogP contribution in [0.5, 0.6) is 12.0 Å². The Balaban J connectivity index is 1.80. The number of anilines is 4. The zero-order chi connectivity index (χ0) is 18.5. The summed E-state index contributed by atoms with van der Waals surface area (Å²) in [7, 11) is 2.88. The summed E-state index contributed by atoms with van der Waals surface area (Å²) in [5, 5.41) is 6.05. The van der Waals surface area contributed by atoms with Crippen molar-refractivity contribution in [3.63, 3.8) is 0 Å². The highest BCUT2D eigenvalue weighted by Gasteiger charge is 2.08. The van der Waals surface area contributed by atoms with Gasteiger partial charge in [-0.1, -0.05) is 6.07 Å².